The van der Waals surface area contributed by atoms with E-state index in [1.807, 2.05) is 0 Å². The topological polar surface area (TPSA) is 67.3 Å². The third-order valence-electron chi connectivity index (χ3n) is 1.32. The van der Waals surface area contributed by atoms with Gasteiger partial charge in [0, 0.05) is 6.20 Å². The molecular weight excluding hydrogens is 223 g/mol. The number of pyridine rings is 1. The molecule has 0 aliphatic heterocycles. The van der Waals surface area contributed by atoms with E-state index < -0.39 is 26.9 Å². The van der Waals surface area contributed by atoms with E-state index in [1.165, 1.54) is 0 Å². The fraction of sp³-hybridized carbons (Fsp3) is 0.167. The summed E-state index contributed by atoms with van der Waals surface area (Å²) < 4.78 is 65.5. The van der Waals surface area contributed by atoms with Crippen molar-refractivity contribution in [1.29, 1.82) is 0 Å². The summed E-state index contributed by atoms with van der Waals surface area (Å²) in [7, 11) is -4.63. The summed E-state index contributed by atoms with van der Waals surface area (Å²) in [6.45, 7) is 0. The van der Waals surface area contributed by atoms with Crippen molar-refractivity contribution in [2.24, 2.45) is 0 Å². The number of aromatic nitrogens is 1. The van der Waals surface area contributed by atoms with Crippen LogP contribution in [0, 0.1) is 0 Å². The first-order valence-corrected chi connectivity index (χ1v) is 4.66. The van der Waals surface area contributed by atoms with Crippen LogP contribution in [0.5, 0.6) is 0 Å². The lowest BCUT2D eigenvalue weighted by molar-refractivity contribution is -0.141. The van der Waals surface area contributed by atoms with Gasteiger partial charge in [0.25, 0.3) is 10.1 Å². The van der Waals surface area contributed by atoms with Crippen LogP contribution in [0.25, 0.3) is 0 Å². The standard InChI is InChI=1S/C6H4F3NO3S/c7-6(8,9)5-3-4(1-2-10-5)14(11,12)13/h1-3H,(H,11,12,13). The van der Waals surface area contributed by atoms with Gasteiger partial charge in [0.2, 0.25) is 0 Å². The predicted molar refractivity (Wildman–Crippen MR) is 39.1 cm³/mol. The Morgan fingerprint density at radius 2 is 1.93 bits per heavy atom. The van der Waals surface area contributed by atoms with Crippen molar-refractivity contribution in [3.05, 3.63) is 24.0 Å². The van der Waals surface area contributed by atoms with E-state index >= 15 is 0 Å². The van der Waals surface area contributed by atoms with Gasteiger partial charge in [-0.05, 0) is 12.1 Å². The van der Waals surface area contributed by atoms with Crippen molar-refractivity contribution in [1.82, 2.24) is 4.98 Å². The van der Waals surface area contributed by atoms with E-state index in [0.717, 1.165) is 6.07 Å². The summed E-state index contributed by atoms with van der Waals surface area (Å²) in [5, 5.41) is 0. The van der Waals surface area contributed by atoms with Crippen molar-refractivity contribution < 1.29 is 26.1 Å². The van der Waals surface area contributed by atoms with E-state index in [0.29, 0.717) is 6.20 Å². The molecule has 0 aliphatic rings. The van der Waals surface area contributed by atoms with Crippen LogP contribution in [0.2, 0.25) is 0 Å². The molecule has 1 aromatic rings. The quantitative estimate of drug-likeness (QED) is 0.735. The summed E-state index contributed by atoms with van der Waals surface area (Å²) in [5.41, 5.74) is -1.37. The highest BCUT2D eigenvalue weighted by atomic mass is 32.2. The smallest absolute Gasteiger partial charge is 0.282 e. The third kappa shape index (κ3) is 2.42. The van der Waals surface area contributed by atoms with Gasteiger partial charge >= 0.3 is 6.18 Å². The zero-order chi connectivity index (χ0) is 11.0. The first kappa shape index (κ1) is 10.9. The summed E-state index contributed by atoms with van der Waals surface area (Å²) in [4.78, 5) is 2.09. The van der Waals surface area contributed by atoms with Gasteiger partial charge in [-0.1, -0.05) is 0 Å². The Morgan fingerprint density at radius 3 is 2.36 bits per heavy atom. The van der Waals surface area contributed by atoms with Crippen LogP contribution in [0.4, 0.5) is 13.2 Å². The minimum absolute atomic E-state index is 0.259. The molecule has 0 spiro atoms. The van der Waals surface area contributed by atoms with Crippen molar-refractivity contribution in [3.8, 4) is 0 Å². The van der Waals surface area contributed by atoms with Crippen LogP contribution in [-0.2, 0) is 16.3 Å². The Morgan fingerprint density at radius 1 is 1.36 bits per heavy atom. The average Bonchev–Trinajstić information content (AvgIpc) is 2.01. The van der Waals surface area contributed by atoms with Crippen LogP contribution >= 0.6 is 0 Å². The molecule has 0 atom stereocenters. The SMILES string of the molecule is O=S(=O)(O)c1ccnc(C(F)(F)F)c1. The summed E-state index contributed by atoms with van der Waals surface area (Å²) >= 11 is 0. The van der Waals surface area contributed by atoms with Crippen molar-refractivity contribution in [2.45, 2.75) is 11.1 Å². The van der Waals surface area contributed by atoms with Crippen molar-refractivity contribution >= 4 is 10.1 Å². The van der Waals surface area contributed by atoms with E-state index in [9.17, 15) is 21.6 Å². The van der Waals surface area contributed by atoms with Gasteiger partial charge in [0.15, 0.2) is 0 Å². The molecule has 4 nitrogen and oxygen atoms in total. The Labute approximate surface area is 77.1 Å². The molecule has 1 heterocycles. The zero-order valence-corrected chi connectivity index (χ0v) is 7.30. The minimum atomic E-state index is -4.74. The number of hydrogen-bond acceptors (Lipinski definition) is 3. The number of hydrogen-bond donors (Lipinski definition) is 1. The van der Waals surface area contributed by atoms with Gasteiger partial charge in [-0.25, -0.2) is 0 Å². The third-order valence-corrected chi connectivity index (χ3v) is 2.17. The van der Waals surface area contributed by atoms with Crippen LogP contribution < -0.4 is 0 Å². The van der Waals surface area contributed by atoms with Crippen LogP contribution in [0.15, 0.2) is 23.2 Å². The molecule has 1 rings (SSSR count). The molecule has 0 radical (unpaired) electrons. The second-order valence-electron chi connectivity index (χ2n) is 2.35. The van der Waals surface area contributed by atoms with Crippen LogP contribution in [-0.4, -0.2) is 18.0 Å². The summed E-state index contributed by atoms with van der Waals surface area (Å²) in [6, 6.07) is 1.03. The molecule has 0 saturated carbocycles. The first-order chi connectivity index (χ1) is 6.21. The van der Waals surface area contributed by atoms with Gasteiger partial charge in [-0.2, -0.15) is 21.6 Å². The van der Waals surface area contributed by atoms with Crippen molar-refractivity contribution in [3.63, 3.8) is 0 Å². The molecular formula is C6H4F3NO3S. The molecule has 0 bridgehead atoms. The zero-order valence-electron chi connectivity index (χ0n) is 6.49. The minimum Gasteiger partial charge on any atom is -0.282 e. The number of nitrogens with zero attached hydrogens (tertiary/aromatic N) is 1. The maximum absolute atomic E-state index is 12.0. The second-order valence-corrected chi connectivity index (χ2v) is 3.77. The molecule has 1 N–H and O–H groups in total. The molecule has 0 saturated heterocycles. The lowest BCUT2D eigenvalue weighted by atomic mass is 10.3. The first-order valence-electron chi connectivity index (χ1n) is 3.22. The Balaban J connectivity index is 3.29. The summed E-state index contributed by atoms with van der Waals surface area (Å²) in [5.74, 6) is 0. The molecule has 0 fully saturated rings. The lowest BCUT2D eigenvalue weighted by Gasteiger charge is -2.05. The maximum atomic E-state index is 12.0. The van der Waals surface area contributed by atoms with E-state index in [-0.39, 0.29) is 6.07 Å². The van der Waals surface area contributed by atoms with Gasteiger partial charge < -0.3 is 0 Å². The van der Waals surface area contributed by atoms with E-state index in [1.54, 1.807) is 0 Å². The Bertz CT molecular complexity index is 440. The van der Waals surface area contributed by atoms with Gasteiger partial charge in [0.05, 0.1) is 4.90 Å². The maximum Gasteiger partial charge on any atom is 0.433 e. The fourth-order valence-electron chi connectivity index (χ4n) is 0.727. The molecule has 78 valence electrons. The molecule has 0 unspecified atom stereocenters. The molecule has 0 aromatic carbocycles. The van der Waals surface area contributed by atoms with Gasteiger partial charge in [0.1, 0.15) is 5.69 Å². The highest BCUT2D eigenvalue weighted by molar-refractivity contribution is 7.85. The van der Waals surface area contributed by atoms with Crippen LogP contribution in [0.1, 0.15) is 5.69 Å². The van der Waals surface area contributed by atoms with Crippen LogP contribution in [0.3, 0.4) is 0 Å². The predicted octanol–water partition coefficient (Wildman–Crippen LogP) is 1.35. The highest BCUT2D eigenvalue weighted by Crippen LogP contribution is 2.28. The molecule has 1 aromatic heterocycles. The summed E-state index contributed by atoms with van der Waals surface area (Å²) in [6.07, 6.45) is -4.08. The highest BCUT2D eigenvalue weighted by Gasteiger charge is 2.33. The lowest BCUT2D eigenvalue weighted by Crippen LogP contribution is -2.09. The molecule has 0 aliphatic carbocycles. The van der Waals surface area contributed by atoms with E-state index in [2.05, 4.69) is 4.98 Å². The molecule has 8 heteroatoms. The Hall–Kier alpha value is -1.15. The normalized spacial score (nSPS) is 12.9. The number of alkyl halides is 3. The monoisotopic (exact) mass is 227 g/mol. The molecule has 0 amide bonds. The number of halogens is 3. The second kappa shape index (κ2) is 3.21. The largest absolute Gasteiger partial charge is 0.433 e. The Kier molecular flexibility index (Phi) is 2.50. The molecule has 14 heavy (non-hydrogen) atoms. The van der Waals surface area contributed by atoms with Crippen molar-refractivity contribution in [2.75, 3.05) is 0 Å². The number of rotatable bonds is 1. The fourth-order valence-corrected chi connectivity index (χ4v) is 1.22. The van der Waals surface area contributed by atoms with E-state index in [4.69, 9.17) is 4.55 Å². The van der Waals surface area contributed by atoms with Gasteiger partial charge in [-0.15, -0.1) is 0 Å². The average molecular weight is 227 g/mol. The van der Waals surface area contributed by atoms with Gasteiger partial charge in [-0.3, -0.25) is 9.54 Å².